The molecule has 2 aromatic rings. The standard InChI is InChI=1S/C24H30N2O4/c1-16(2)20(22(28)29)25-23(30)24(4,5)26(17(3)18-12-8-6-9-13-18)21(27)19-14-10-7-11-15-19/h6-17,20H,1-5H3,(H,25,30)(H,28,29)/t17-,20?/m0/s1. The van der Waals surface area contributed by atoms with E-state index in [0.29, 0.717) is 5.56 Å². The molecule has 0 aromatic heterocycles. The predicted molar refractivity (Wildman–Crippen MR) is 116 cm³/mol. The molecule has 2 N–H and O–H groups in total. The van der Waals surface area contributed by atoms with Gasteiger partial charge in [0, 0.05) is 5.56 Å². The molecule has 2 atom stereocenters. The van der Waals surface area contributed by atoms with E-state index in [1.807, 2.05) is 43.3 Å². The second-order valence-electron chi connectivity index (χ2n) is 8.22. The van der Waals surface area contributed by atoms with Crippen LogP contribution in [0.15, 0.2) is 60.7 Å². The molecule has 0 saturated carbocycles. The summed E-state index contributed by atoms with van der Waals surface area (Å²) in [5.74, 6) is -2.22. The van der Waals surface area contributed by atoms with Crippen LogP contribution in [0.5, 0.6) is 0 Å². The summed E-state index contributed by atoms with van der Waals surface area (Å²) in [6, 6.07) is 16.7. The Balaban J connectivity index is 2.47. The van der Waals surface area contributed by atoms with Crippen LogP contribution in [0, 0.1) is 5.92 Å². The molecule has 0 bridgehead atoms. The first-order valence-electron chi connectivity index (χ1n) is 10.0. The fraction of sp³-hybridized carbons (Fsp3) is 0.375. The molecular weight excluding hydrogens is 380 g/mol. The van der Waals surface area contributed by atoms with Crippen LogP contribution in [0.3, 0.4) is 0 Å². The number of aliphatic carboxylic acids is 1. The van der Waals surface area contributed by atoms with Crippen molar-refractivity contribution >= 4 is 17.8 Å². The molecular formula is C24H30N2O4. The number of carbonyl (C=O) groups excluding carboxylic acids is 2. The lowest BCUT2D eigenvalue weighted by molar-refractivity contribution is -0.145. The minimum atomic E-state index is -1.30. The summed E-state index contributed by atoms with van der Waals surface area (Å²) in [6.07, 6.45) is 0. The van der Waals surface area contributed by atoms with Gasteiger partial charge in [0.25, 0.3) is 5.91 Å². The first-order valence-corrected chi connectivity index (χ1v) is 10.0. The molecule has 0 spiro atoms. The van der Waals surface area contributed by atoms with Crippen molar-refractivity contribution in [2.24, 2.45) is 5.92 Å². The Labute approximate surface area is 177 Å². The van der Waals surface area contributed by atoms with Crippen LogP contribution in [-0.4, -0.2) is 39.4 Å². The largest absolute Gasteiger partial charge is 0.480 e. The number of nitrogens with zero attached hydrogens (tertiary/aromatic N) is 1. The Hall–Kier alpha value is -3.15. The van der Waals surface area contributed by atoms with Gasteiger partial charge in [-0.05, 0) is 44.4 Å². The van der Waals surface area contributed by atoms with E-state index in [0.717, 1.165) is 5.56 Å². The van der Waals surface area contributed by atoms with Crippen LogP contribution in [0.2, 0.25) is 0 Å². The smallest absolute Gasteiger partial charge is 0.326 e. The average Bonchev–Trinajstić information content (AvgIpc) is 2.72. The summed E-state index contributed by atoms with van der Waals surface area (Å²) in [5, 5.41) is 12.1. The van der Waals surface area contributed by atoms with E-state index in [9.17, 15) is 19.5 Å². The van der Waals surface area contributed by atoms with Crippen molar-refractivity contribution in [1.82, 2.24) is 10.2 Å². The van der Waals surface area contributed by atoms with E-state index >= 15 is 0 Å². The second kappa shape index (κ2) is 9.57. The van der Waals surface area contributed by atoms with Crippen molar-refractivity contribution in [2.45, 2.75) is 52.2 Å². The van der Waals surface area contributed by atoms with E-state index in [2.05, 4.69) is 5.32 Å². The highest BCUT2D eigenvalue weighted by Gasteiger charge is 2.43. The summed E-state index contributed by atoms with van der Waals surface area (Å²) in [7, 11) is 0. The lowest BCUT2D eigenvalue weighted by Gasteiger charge is -2.42. The molecule has 0 heterocycles. The van der Waals surface area contributed by atoms with Crippen molar-refractivity contribution in [1.29, 1.82) is 0 Å². The van der Waals surface area contributed by atoms with Crippen molar-refractivity contribution in [3.63, 3.8) is 0 Å². The first kappa shape index (κ1) is 23.1. The third-order valence-corrected chi connectivity index (χ3v) is 5.29. The van der Waals surface area contributed by atoms with E-state index in [-0.39, 0.29) is 11.8 Å². The molecule has 160 valence electrons. The summed E-state index contributed by atoms with van der Waals surface area (Å²) >= 11 is 0. The molecule has 2 rings (SSSR count). The van der Waals surface area contributed by atoms with Crippen molar-refractivity contribution in [3.8, 4) is 0 Å². The molecule has 6 nitrogen and oxygen atoms in total. The van der Waals surface area contributed by atoms with E-state index in [1.54, 1.807) is 52.0 Å². The van der Waals surface area contributed by atoms with Crippen LogP contribution in [-0.2, 0) is 9.59 Å². The number of carboxylic acids is 1. The zero-order chi connectivity index (χ0) is 22.5. The maximum atomic E-state index is 13.5. The molecule has 0 aliphatic rings. The zero-order valence-electron chi connectivity index (χ0n) is 18.1. The van der Waals surface area contributed by atoms with Crippen LogP contribution in [0.4, 0.5) is 0 Å². The number of carbonyl (C=O) groups is 3. The molecule has 0 aliphatic heterocycles. The normalized spacial score (nSPS) is 13.4. The van der Waals surface area contributed by atoms with Gasteiger partial charge in [-0.1, -0.05) is 62.4 Å². The maximum Gasteiger partial charge on any atom is 0.326 e. The van der Waals surface area contributed by atoms with Gasteiger partial charge < -0.3 is 15.3 Å². The Bertz CT molecular complexity index is 879. The van der Waals surface area contributed by atoms with Crippen molar-refractivity contribution < 1.29 is 19.5 Å². The number of hydrogen-bond acceptors (Lipinski definition) is 3. The highest BCUT2D eigenvalue weighted by Crippen LogP contribution is 2.31. The molecule has 2 aromatic carbocycles. The molecule has 2 amide bonds. The van der Waals surface area contributed by atoms with Gasteiger partial charge in [0.2, 0.25) is 5.91 Å². The number of benzene rings is 2. The first-order chi connectivity index (χ1) is 14.1. The quantitative estimate of drug-likeness (QED) is 0.691. The number of amides is 2. The highest BCUT2D eigenvalue weighted by atomic mass is 16.4. The van der Waals surface area contributed by atoms with Gasteiger partial charge in [-0.25, -0.2) is 4.79 Å². The third-order valence-electron chi connectivity index (χ3n) is 5.29. The topological polar surface area (TPSA) is 86.7 Å². The van der Waals surface area contributed by atoms with Gasteiger partial charge >= 0.3 is 5.97 Å². The molecule has 30 heavy (non-hydrogen) atoms. The lowest BCUT2D eigenvalue weighted by atomic mass is 9.93. The predicted octanol–water partition coefficient (Wildman–Crippen LogP) is 3.89. The minimum absolute atomic E-state index is 0.299. The lowest BCUT2D eigenvalue weighted by Crippen LogP contribution is -2.60. The van der Waals surface area contributed by atoms with Crippen LogP contribution >= 0.6 is 0 Å². The number of carboxylic acid groups (broad SMARTS) is 1. The molecule has 0 fully saturated rings. The SMILES string of the molecule is CC(C)C(NC(=O)C(C)(C)N(C(=O)c1ccccc1)[C@@H](C)c1ccccc1)C(=O)O. The fourth-order valence-corrected chi connectivity index (χ4v) is 3.46. The number of hydrogen-bond donors (Lipinski definition) is 2. The van der Waals surface area contributed by atoms with Crippen LogP contribution in [0.25, 0.3) is 0 Å². The minimum Gasteiger partial charge on any atom is -0.480 e. The summed E-state index contributed by atoms with van der Waals surface area (Å²) in [4.78, 5) is 39.8. The Kier molecular flexibility index (Phi) is 7.38. The van der Waals surface area contributed by atoms with E-state index in [1.165, 1.54) is 4.90 Å². The van der Waals surface area contributed by atoms with Gasteiger partial charge in [0.15, 0.2) is 0 Å². The van der Waals surface area contributed by atoms with Gasteiger partial charge in [-0.2, -0.15) is 0 Å². The fourth-order valence-electron chi connectivity index (χ4n) is 3.46. The van der Waals surface area contributed by atoms with Gasteiger partial charge in [0.05, 0.1) is 6.04 Å². The summed E-state index contributed by atoms with van der Waals surface area (Å²) < 4.78 is 0. The Morgan fingerprint density at radius 1 is 0.900 bits per heavy atom. The van der Waals surface area contributed by atoms with Crippen LogP contribution < -0.4 is 5.32 Å². The molecule has 6 heteroatoms. The van der Waals surface area contributed by atoms with Crippen molar-refractivity contribution in [3.05, 3.63) is 71.8 Å². The molecule has 0 radical (unpaired) electrons. The molecule has 0 saturated heterocycles. The summed E-state index contributed by atoms with van der Waals surface area (Å²) in [6.45, 7) is 8.60. The molecule has 0 aliphatic carbocycles. The average molecular weight is 411 g/mol. The van der Waals surface area contributed by atoms with Gasteiger partial charge in [-0.3, -0.25) is 9.59 Å². The van der Waals surface area contributed by atoms with Crippen LogP contribution in [0.1, 0.15) is 56.6 Å². The maximum absolute atomic E-state index is 13.5. The third kappa shape index (κ3) is 5.06. The van der Waals surface area contributed by atoms with Crippen molar-refractivity contribution in [2.75, 3.05) is 0 Å². The highest BCUT2D eigenvalue weighted by molar-refractivity contribution is 6.00. The summed E-state index contributed by atoms with van der Waals surface area (Å²) in [5.41, 5.74) is 0.0335. The number of rotatable bonds is 8. The number of nitrogens with one attached hydrogen (secondary N) is 1. The van der Waals surface area contributed by atoms with E-state index < -0.39 is 29.5 Å². The van der Waals surface area contributed by atoms with Gasteiger partial charge in [-0.15, -0.1) is 0 Å². The Morgan fingerprint density at radius 2 is 1.40 bits per heavy atom. The zero-order valence-corrected chi connectivity index (χ0v) is 18.1. The Morgan fingerprint density at radius 3 is 1.87 bits per heavy atom. The van der Waals surface area contributed by atoms with E-state index in [4.69, 9.17) is 0 Å². The van der Waals surface area contributed by atoms with Gasteiger partial charge in [0.1, 0.15) is 11.6 Å². The monoisotopic (exact) mass is 410 g/mol. The second-order valence-corrected chi connectivity index (χ2v) is 8.22. The molecule has 1 unspecified atom stereocenters.